The first-order valence-electron chi connectivity index (χ1n) is 5.52. The number of aliphatic hydroxyl groups is 1. The van der Waals surface area contributed by atoms with Crippen LogP contribution in [0.4, 0.5) is 4.79 Å². The first kappa shape index (κ1) is 9.66. The molecule has 1 saturated heterocycles. The van der Waals surface area contributed by atoms with E-state index in [4.69, 9.17) is 0 Å². The van der Waals surface area contributed by atoms with Crippen molar-refractivity contribution in [3.05, 3.63) is 35.7 Å². The van der Waals surface area contributed by atoms with E-state index >= 15 is 0 Å². The van der Waals surface area contributed by atoms with E-state index in [0.29, 0.717) is 12.2 Å². The maximum Gasteiger partial charge on any atom is 0.329 e. The fraction of sp³-hybridized carbons (Fsp3) is 0.417. The van der Waals surface area contributed by atoms with Crippen molar-refractivity contribution in [3.63, 3.8) is 0 Å². The number of carbonyl (C=O) groups excluding carboxylic acids is 1. The van der Waals surface area contributed by atoms with E-state index < -0.39 is 6.10 Å². The summed E-state index contributed by atoms with van der Waals surface area (Å²) in [4.78, 5) is 13.9. The topological polar surface area (TPSA) is 45.5 Å². The number of rotatable bonds is 0. The van der Waals surface area contributed by atoms with E-state index in [1.165, 1.54) is 5.57 Å². The van der Waals surface area contributed by atoms with Gasteiger partial charge in [-0.1, -0.05) is 11.6 Å². The van der Waals surface area contributed by atoms with Crippen molar-refractivity contribution in [2.45, 2.75) is 25.5 Å². The lowest BCUT2D eigenvalue weighted by atomic mass is 10.0. The Hall–Kier alpha value is -1.55. The van der Waals surface area contributed by atoms with Crippen LogP contribution in [0.15, 0.2) is 30.0 Å². The SMILES string of the molecule is C/C=C1\C[C@@H]2[C@@H](O)c3cccn3C(=O)N2C1. The van der Waals surface area contributed by atoms with Crippen LogP contribution in [0.3, 0.4) is 0 Å². The number of aromatic nitrogens is 1. The van der Waals surface area contributed by atoms with Gasteiger partial charge in [-0.3, -0.25) is 4.57 Å². The molecule has 0 spiro atoms. The summed E-state index contributed by atoms with van der Waals surface area (Å²) in [5.74, 6) is 0. The van der Waals surface area contributed by atoms with Crippen LogP contribution in [0.25, 0.3) is 0 Å². The lowest BCUT2D eigenvalue weighted by Gasteiger charge is -2.34. The van der Waals surface area contributed by atoms with E-state index in [1.807, 2.05) is 19.1 Å². The van der Waals surface area contributed by atoms with Crippen molar-refractivity contribution in [1.82, 2.24) is 9.47 Å². The molecule has 2 aliphatic rings. The summed E-state index contributed by atoms with van der Waals surface area (Å²) in [5, 5.41) is 10.2. The summed E-state index contributed by atoms with van der Waals surface area (Å²) in [6, 6.07) is 3.51. The fourth-order valence-corrected chi connectivity index (χ4v) is 2.62. The van der Waals surface area contributed by atoms with E-state index in [1.54, 1.807) is 21.7 Å². The van der Waals surface area contributed by atoms with Crippen molar-refractivity contribution < 1.29 is 9.90 Å². The zero-order valence-electron chi connectivity index (χ0n) is 9.13. The summed E-state index contributed by atoms with van der Waals surface area (Å²) >= 11 is 0. The number of allylic oxidation sites excluding steroid dienone is 1. The molecule has 0 radical (unpaired) electrons. The van der Waals surface area contributed by atoms with Gasteiger partial charge in [0, 0.05) is 12.7 Å². The summed E-state index contributed by atoms with van der Waals surface area (Å²) in [7, 11) is 0. The van der Waals surface area contributed by atoms with Gasteiger partial charge in [0.1, 0.15) is 6.10 Å². The third-order valence-corrected chi connectivity index (χ3v) is 3.55. The van der Waals surface area contributed by atoms with Crippen LogP contribution in [0.5, 0.6) is 0 Å². The molecule has 0 saturated carbocycles. The average molecular weight is 218 g/mol. The minimum Gasteiger partial charge on any atom is -0.385 e. The average Bonchev–Trinajstić information content (AvgIpc) is 2.92. The molecule has 16 heavy (non-hydrogen) atoms. The van der Waals surface area contributed by atoms with Crippen LogP contribution in [0, 0.1) is 0 Å². The molecule has 1 fully saturated rings. The Bertz CT molecular complexity index is 475. The van der Waals surface area contributed by atoms with Crippen LogP contribution in [-0.4, -0.2) is 33.2 Å². The summed E-state index contributed by atoms with van der Waals surface area (Å²) < 4.78 is 1.54. The van der Waals surface area contributed by atoms with Gasteiger partial charge in [0.05, 0.1) is 11.7 Å². The monoisotopic (exact) mass is 218 g/mol. The number of fused-ring (bicyclic) bond motifs is 2. The number of hydrogen-bond acceptors (Lipinski definition) is 2. The van der Waals surface area contributed by atoms with Gasteiger partial charge < -0.3 is 10.0 Å². The molecule has 2 atom stereocenters. The Kier molecular flexibility index (Phi) is 1.94. The quantitative estimate of drug-likeness (QED) is 0.671. The van der Waals surface area contributed by atoms with Crippen molar-refractivity contribution >= 4 is 6.03 Å². The molecule has 1 N–H and O–H groups in total. The van der Waals surface area contributed by atoms with Gasteiger partial charge in [0.25, 0.3) is 0 Å². The van der Waals surface area contributed by atoms with Gasteiger partial charge >= 0.3 is 6.03 Å². The summed E-state index contributed by atoms with van der Waals surface area (Å²) in [6.45, 7) is 2.62. The summed E-state index contributed by atoms with van der Waals surface area (Å²) in [5.41, 5.74) is 1.94. The smallest absolute Gasteiger partial charge is 0.329 e. The zero-order chi connectivity index (χ0) is 11.3. The van der Waals surface area contributed by atoms with Crippen LogP contribution < -0.4 is 0 Å². The molecule has 2 aliphatic heterocycles. The second-order valence-electron chi connectivity index (χ2n) is 4.38. The standard InChI is InChI=1S/C12H14N2O2/c1-2-8-6-10-11(15)9-4-3-5-13(9)12(16)14(10)7-8/h2-5,10-11,15H,6-7H2,1H3/b8-2+/t10-,11+/m1/s1. The van der Waals surface area contributed by atoms with Gasteiger partial charge in [-0.25, -0.2) is 4.79 Å². The third-order valence-electron chi connectivity index (χ3n) is 3.55. The van der Waals surface area contributed by atoms with E-state index in [0.717, 1.165) is 6.42 Å². The lowest BCUT2D eigenvalue weighted by molar-refractivity contribution is 0.0652. The van der Waals surface area contributed by atoms with Crippen LogP contribution in [0.1, 0.15) is 25.1 Å². The highest BCUT2D eigenvalue weighted by atomic mass is 16.3. The maximum atomic E-state index is 12.1. The molecular formula is C12H14N2O2. The number of hydrogen-bond donors (Lipinski definition) is 1. The minimum absolute atomic E-state index is 0.0212. The minimum atomic E-state index is -0.565. The molecule has 3 heterocycles. The van der Waals surface area contributed by atoms with E-state index in [2.05, 4.69) is 0 Å². The molecule has 0 unspecified atom stereocenters. The second kappa shape index (κ2) is 3.22. The van der Waals surface area contributed by atoms with E-state index in [-0.39, 0.29) is 12.1 Å². The molecule has 84 valence electrons. The van der Waals surface area contributed by atoms with Gasteiger partial charge in [-0.05, 0) is 25.5 Å². The number of aliphatic hydroxyl groups excluding tert-OH is 1. The van der Waals surface area contributed by atoms with Crippen LogP contribution >= 0.6 is 0 Å². The van der Waals surface area contributed by atoms with Crippen molar-refractivity contribution in [2.75, 3.05) is 6.54 Å². The third kappa shape index (κ3) is 1.10. The first-order chi connectivity index (χ1) is 7.72. The predicted octanol–water partition coefficient (Wildman–Crippen LogP) is 1.52. The Morgan fingerprint density at radius 1 is 1.56 bits per heavy atom. The second-order valence-corrected chi connectivity index (χ2v) is 4.38. The maximum absolute atomic E-state index is 12.1. The van der Waals surface area contributed by atoms with Crippen LogP contribution in [0.2, 0.25) is 0 Å². The van der Waals surface area contributed by atoms with Crippen molar-refractivity contribution in [2.24, 2.45) is 0 Å². The van der Waals surface area contributed by atoms with Gasteiger partial charge in [0.15, 0.2) is 0 Å². The molecule has 0 bridgehead atoms. The summed E-state index contributed by atoms with van der Waals surface area (Å²) in [6.07, 6.45) is 3.97. The number of carbonyl (C=O) groups is 1. The first-order valence-corrected chi connectivity index (χ1v) is 5.52. The molecule has 1 aromatic heterocycles. The normalized spacial score (nSPS) is 30.8. The molecular weight excluding hydrogens is 204 g/mol. The molecule has 3 rings (SSSR count). The zero-order valence-corrected chi connectivity index (χ0v) is 9.13. The van der Waals surface area contributed by atoms with Crippen LogP contribution in [-0.2, 0) is 0 Å². The molecule has 1 amide bonds. The molecule has 4 nitrogen and oxygen atoms in total. The fourth-order valence-electron chi connectivity index (χ4n) is 2.62. The Morgan fingerprint density at radius 3 is 3.12 bits per heavy atom. The predicted molar refractivity (Wildman–Crippen MR) is 59.1 cm³/mol. The molecule has 0 aliphatic carbocycles. The van der Waals surface area contributed by atoms with Gasteiger partial charge in [-0.2, -0.15) is 0 Å². The Labute approximate surface area is 93.8 Å². The number of amides is 1. The Morgan fingerprint density at radius 2 is 2.38 bits per heavy atom. The molecule has 4 heteroatoms. The largest absolute Gasteiger partial charge is 0.385 e. The van der Waals surface area contributed by atoms with Crippen molar-refractivity contribution in [1.29, 1.82) is 0 Å². The lowest BCUT2D eigenvalue weighted by Crippen LogP contribution is -2.46. The Balaban J connectivity index is 2.06. The van der Waals surface area contributed by atoms with E-state index in [9.17, 15) is 9.90 Å². The van der Waals surface area contributed by atoms with Gasteiger partial charge in [0.2, 0.25) is 0 Å². The van der Waals surface area contributed by atoms with Crippen molar-refractivity contribution in [3.8, 4) is 0 Å². The van der Waals surface area contributed by atoms with Gasteiger partial charge in [-0.15, -0.1) is 0 Å². The highest BCUT2D eigenvalue weighted by Crippen LogP contribution is 2.36. The highest BCUT2D eigenvalue weighted by Gasteiger charge is 2.42. The molecule has 1 aromatic rings. The molecule has 0 aromatic carbocycles. The number of nitrogens with zero attached hydrogens (tertiary/aromatic N) is 2. The highest BCUT2D eigenvalue weighted by molar-refractivity contribution is 5.80.